The smallest absolute Gasteiger partial charge is 0.412 e. The second-order valence-electron chi connectivity index (χ2n) is 7.55. The second kappa shape index (κ2) is 10.5. The largest absolute Gasteiger partial charge is 0.508 e. The monoisotopic (exact) mass is 443 g/mol. The van der Waals surface area contributed by atoms with Gasteiger partial charge in [-0.3, -0.25) is 5.32 Å². The molecule has 0 aromatic heterocycles. The van der Waals surface area contributed by atoms with Crippen LogP contribution in [0.5, 0.6) is 11.5 Å². The van der Waals surface area contributed by atoms with Gasteiger partial charge in [0.05, 0.1) is 5.69 Å². The first-order valence-electron chi connectivity index (χ1n) is 10.7. The first-order valence-corrected chi connectivity index (χ1v) is 10.7. The van der Waals surface area contributed by atoms with Crippen molar-refractivity contribution in [2.45, 2.75) is 18.6 Å². The molecule has 0 heterocycles. The van der Waals surface area contributed by atoms with Crippen molar-refractivity contribution in [3.63, 3.8) is 0 Å². The number of fused-ring (bicyclic) bond motifs is 1. The van der Waals surface area contributed by atoms with Crippen molar-refractivity contribution in [3.05, 3.63) is 103 Å². The van der Waals surface area contributed by atoms with Gasteiger partial charge in [-0.05, 0) is 41.3 Å². The molecule has 6 heteroatoms. The van der Waals surface area contributed by atoms with Crippen LogP contribution in [0, 0.1) is 0 Å². The van der Waals surface area contributed by atoms with Gasteiger partial charge in [0.1, 0.15) is 17.6 Å². The Bertz CT molecular complexity index is 1190. The molecule has 1 amide bonds. The lowest BCUT2D eigenvalue weighted by molar-refractivity contribution is 0.00908. The number of phenolic OH excluding ortho intramolecular Hbond substituents is 1. The van der Waals surface area contributed by atoms with Gasteiger partial charge in [-0.1, -0.05) is 66.7 Å². The highest BCUT2D eigenvalue weighted by Crippen LogP contribution is 2.30. The Morgan fingerprint density at radius 3 is 2.30 bits per heavy atom. The molecule has 0 unspecified atom stereocenters. The summed E-state index contributed by atoms with van der Waals surface area (Å²) in [5, 5.41) is 24.1. The number of ether oxygens (including phenoxy) is 2. The molecule has 0 fully saturated rings. The van der Waals surface area contributed by atoms with E-state index in [4.69, 9.17) is 9.47 Å². The molecule has 0 saturated heterocycles. The molecule has 0 aliphatic heterocycles. The summed E-state index contributed by atoms with van der Waals surface area (Å²) < 4.78 is 11.9. The third-order valence-corrected chi connectivity index (χ3v) is 5.26. The van der Waals surface area contributed by atoms with Crippen LogP contribution in [0.1, 0.15) is 18.1 Å². The third kappa shape index (κ3) is 5.61. The Morgan fingerprint density at radius 1 is 0.848 bits per heavy atom. The molecule has 0 saturated carbocycles. The summed E-state index contributed by atoms with van der Waals surface area (Å²) in [4.78, 5) is 13.0. The summed E-state index contributed by atoms with van der Waals surface area (Å²) in [5.41, 5.74) is 1.26. The molecule has 168 valence electrons. The molecule has 0 radical (unpaired) electrons. The van der Waals surface area contributed by atoms with Gasteiger partial charge in [-0.25, -0.2) is 4.79 Å². The number of anilines is 1. The minimum absolute atomic E-state index is 0.0976. The number of aliphatic hydroxyl groups is 1. The summed E-state index contributed by atoms with van der Waals surface area (Å²) in [6.45, 7) is -0.152. The maximum atomic E-state index is 13.0. The number of hydrogen-bond acceptors (Lipinski definition) is 5. The van der Waals surface area contributed by atoms with Crippen LogP contribution in [0.15, 0.2) is 97.1 Å². The van der Waals surface area contributed by atoms with Crippen molar-refractivity contribution >= 4 is 22.6 Å². The van der Waals surface area contributed by atoms with Gasteiger partial charge in [-0.15, -0.1) is 0 Å². The predicted octanol–water partition coefficient (Wildman–Crippen LogP) is 5.67. The number of benzene rings is 4. The standard InChI is InChI=1S/C27H25NO5/c29-18-17-25(32-22-9-2-1-3-10-22)26(20-13-15-21(30)16-14-20)33-27(31)28-24-12-6-8-19-7-4-5-11-23(19)24/h1-16,25-26,29-30H,17-18H2,(H,28,31)/t25-,26-/m0/s1. The summed E-state index contributed by atoms with van der Waals surface area (Å²) in [6, 6.07) is 28.9. The molecule has 3 N–H and O–H groups in total. The number of aromatic hydroxyl groups is 1. The third-order valence-electron chi connectivity index (χ3n) is 5.26. The van der Waals surface area contributed by atoms with E-state index >= 15 is 0 Å². The van der Waals surface area contributed by atoms with E-state index in [1.54, 1.807) is 24.3 Å². The van der Waals surface area contributed by atoms with Gasteiger partial charge in [0.2, 0.25) is 0 Å². The number of hydrogen-bond donors (Lipinski definition) is 3. The Morgan fingerprint density at radius 2 is 1.55 bits per heavy atom. The fourth-order valence-electron chi connectivity index (χ4n) is 3.68. The van der Waals surface area contributed by atoms with E-state index in [9.17, 15) is 15.0 Å². The number of carbonyl (C=O) groups is 1. The zero-order chi connectivity index (χ0) is 23.0. The molecule has 4 aromatic rings. The van der Waals surface area contributed by atoms with E-state index < -0.39 is 18.3 Å². The summed E-state index contributed by atoms with van der Waals surface area (Å²) in [7, 11) is 0. The number of phenols is 1. The first kappa shape index (κ1) is 22.2. The normalized spacial score (nSPS) is 12.6. The van der Waals surface area contributed by atoms with Crippen LogP contribution in [0.2, 0.25) is 0 Å². The molecule has 0 aliphatic rings. The van der Waals surface area contributed by atoms with Crippen molar-refractivity contribution in [2.24, 2.45) is 0 Å². The molecular formula is C27H25NO5. The lowest BCUT2D eigenvalue weighted by atomic mass is 10.0. The van der Waals surface area contributed by atoms with Crippen molar-refractivity contribution in [3.8, 4) is 11.5 Å². The van der Waals surface area contributed by atoms with Gasteiger partial charge < -0.3 is 19.7 Å². The number of amides is 1. The molecule has 0 spiro atoms. The van der Waals surface area contributed by atoms with Crippen molar-refractivity contribution < 1.29 is 24.5 Å². The van der Waals surface area contributed by atoms with Gasteiger partial charge in [0.25, 0.3) is 0 Å². The van der Waals surface area contributed by atoms with Crippen LogP contribution in [0.4, 0.5) is 10.5 Å². The quantitative estimate of drug-likeness (QED) is 0.327. The minimum atomic E-state index is -0.826. The number of aliphatic hydroxyl groups excluding tert-OH is 1. The summed E-state index contributed by atoms with van der Waals surface area (Å²) >= 11 is 0. The van der Waals surface area contributed by atoms with Crippen molar-refractivity contribution in [2.75, 3.05) is 11.9 Å². The van der Waals surface area contributed by atoms with Crippen molar-refractivity contribution in [1.29, 1.82) is 0 Å². The highest BCUT2D eigenvalue weighted by atomic mass is 16.6. The van der Waals surface area contributed by atoms with Crippen LogP contribution in [0.25, 0.3) is 10.8 Å². The van der Waals surface area contributed by atoms with Crippen LogP contribution >= 0.6 is 0 Å². The molecule has 33 heavy (non-hydrogen) atoms. The molecule has 4 aromatic carbocycles. The zero-order valence-corrected chi connectivity index (χ0v) is 17.9. The van der Waals surface area contributed by atoms with E-state index in [2.05, 4.69) is 5.32 Å². The zero-order valence-electron chi connectivity index (χ0n) is 17.9. The minimum Gasteiger partial charge on any atom is -0.508 e. The predicted molar refractivity (Wildman–Crippen MR) is 127 cm³/mol. The van der Waals surface area contributed by atoms with Crippen LogP contribution in [0.3, 0.4) is 0 Å². The Labute approximate surface area is 192 Å². The summed E-state index contributed by atoms with van der Waals surface area (Å²) in [5.74, 6) is 0.693. The number of nitrogens with one attached hydrogen (secondary N) is 1. The molecule has 0 bridgehead atoms. The Balaban J connectivity index is 1.60. The Hall–Kier alpha value is -4.03. The highest BCUT2D eigenvalue weighted by molar-refractivity contribution is 6.00. The molecular weight excluding hydrogens is 418 g/mol. The van der Waals surface area contributed by atoms with Crippen LogP contribution in [-0.4, -0.2) is 29.0 Å². The molecule has 6 nitrogen and oxygen atoms in total. The average Bonchev–Trinajstić information content (AvgIpc) is 2.84. The highest BCUT2D eigenvalue weighted by Gasteiger charge is 2.29. The number of para-hydroxylation sites is 1. The van der Waals surface area contributed by atoms with Gasteiger partial charge >= 0.3 is 6.09 Å². The molecule has 0 aliphatic carbocycles. The fraction of sp³-hybridized carbons (Fsp3) is 0.148. The maximum absolute atomic E-state index is 13.0. The lowest BCUT2D eigenvalue weighted by Gasteiger charge is -2.28. The van der Waals surface area contributed by atoms with E-state index in [0.29, 0.717) is 17.0 Å². The second-order valence-corrected chi connectivity index (χ2v) is 7.55. The average molecular weight is 443 g/mol. The lowest BCUT2D eigenvalue weighted by Crippen LogP contribution is -2.31. The summed E-state index contributed by atoms with van der Waals surface area (Å²) in [6.07, 6.45) is -1.89. The van der Waals surface area contributed by atoms with Crippen molar-refractivity contribution in [1.82, 2.24) is 0 Å². The maximum Gasteiger partial charge on any atom is 0.412 e. The molecule has 4 rings (SSSR count). The topological polar surface area (TPSA) is 88.0 Å². The van der Waals surface area contributed by atoms with E-state index in [-0.39, 0.29) is 18.8 Å². The first-order chi connectivity index (χ1) is 16.1. The van der Waals surface area contributed by atoms with Crippen LogP contribution in [-0.2, 0) is 4.74 Å². The van der Waals surface area contributed by atoms with Crippen LogP contribution < -0.4 is 10.1 Å². The van der Waals surface area contributed by atoms with E-state index in [1.807, 2.05) is 60.7 Å². The van der Waals surface area contributed by atoms with Gasteiger partial charge in [-0.2, -0.15) is 0 Å². The fourth-order valence-corrected chi connectivity index (χ4v) is 3.68. The Kier molecular flexibility index (Phi) is 7.07. The SMILES string of the molecule is O=C(Nc1cccc2ccccc12)O[C@@H](c1ccc(O)cc1)[C@H](CCO)Oc1ccccc1. The van der Waals surface area contributed by atoms with Gasteiger partial charge in [0, 0.05) is 18.4 Å². The van der Waals surface area contributed by atoms with Gasteiger partial charge in [0.15, 0.2) is 6.10 Å². The molecule has 2 atom stereocenters. The number of rotatable bonds is 8. The number of carbonyl (C=O) groups excluding carboxylic acids is 1. The van der Waals surface area contributed by atoms with E-state index in [0.717, 1.165) is 10.8 Å². The van der Waals surface area contributed by atoms with E-state index in [1.165, 1.54) is 12.1 Å².